The molecular weight excluding hydrogens is 234 g/mol. The number of hydrogen-bond acceptors (Lipinski definition) is 2. The maximum Gasteiger partial charge on any atom is 0.0590 e. The van der Waals surface area contributed by atoms with Crippen molar-refractivity contribution in [2.45, 2.75) is 57.6 Å². The van der Waals surface area contributed by atoms with E-state index >= 15 is 0 Å². The van der Waals surface area contributed by atoms with E-state index < -0.39 is 0 Å². The Morgan fingerprint density at radius 2 is 2.05 bits per heavy atom. The van der Waals surface area contributed by atoms with Crippen molar-refractivity contribution in [1.29, 1.82) is 0 Å². The minimum atomic E-state index is 0.491. The van der Waals surface area contributed by atoms with Crippen LogP contribution < -0.4 is 5.32 Å². The predicted molar refractivity (Wildman–Crippen MR) is 80.4 cm³/mol. The van der Waals surface area contributed by atoms with Crippen LogP contribution in [0, 0.1) is 0 Å². The second-order valence-corrected chi connectivity index (χ2v) is 5.55. The third kappa shape index (κ3) is 5.33. The summed E-state index contributed by atoms with van der Waals surface area (Å²) < 4.78 is 5.99. The summed E-state index contributed by atoms with van der Waals surface area (Å²) in [5.74, 6) is 0. The molecule has 1 aliphatic carbocycles. The van der Waals surface area contributed by atoms with Crippen LogP contribution in [0.4, 0.5) is 0 Å². The Kier molecular flexibility index (Phi) is 6.38. The summed E-state index contributed by atoms with van der Waals surface area (Å²) in [5, 5.41) is 3.60. The maximum absolute atomic E-state index is 5.99. The van der Waals surface area contributed by atoms with Gasteiger partial charge in [0.05, 0.1) is 6.10 Å². The van der Waals surface area contributed by atoms with Crippen LogP contribution in [0.2, 0.25) is 0 Å². The quantitative estimate of drug-likeness (QED) is 0.723. The van der Waals surface area contributed by atoms with Gasteiger partial charge < -0.3 is 10.1 Å². The van der Waals surface area contributed by atoms with Crippen molar-refractivity contribution >= 4 is 0 Å². The summed E-state index contributed by atoms with van der Waals surface area (Å²) in [4.78, 5) is 0. The van der Waals surface area contributed by atoms with Crippen molar-refractivity contribution in [2.24, 2.45) is 0 Å². The van der Waals surface area contributed by atoms with Crippen LogP contribution in [0.5, 0.6) is 0 Å². The van der Waals surface area contributed by atoms with Gasteiger partial charge in [-0.2, -0.15) is 0 Å². The molecule has 0 spiro atoms. The lowest BCUT2D eigenvalue weighted by atomic mass is 10.1. The van der Waals surface area contributed by atoms with E-state index in [0.29, 0.717) is 12.1 Å². The van der Waals surface area contributed by atoms with Crippen molar-refractivity contribution in [2.75, 3.05) is 13.2 Å². The zero-order valence-electron chi connectivity index (χ0n) is 12.1. The summed E-state index contributed by atoms with van der Waals surface area (Å²) >= 11 is 0. The number of aryl methyl sites for hydroxylation is 1. The molecule has 0 saturated heterocycles. The summed E-state index contributed by atoms with van der Waals surface area (Å²) in [6.45, 7) is 4.27. The van der Waals surface area contributed by atoms with Gasteiger partial charge in [0.25, 0.3) is 0 Å². The fraction of sp³-hybridized carbons (Fsp3) is 0.647. The van der Waals surface area contributed by atoms with Gasteiger partial charge in [0.2, 0.25) is 0 Å². The fourth-order valence-corrected chi connectivity index (χ4v) is 2.80. The molecule has 2 rings (SSSR count). The molecule has 0 aliphatic heterocycles. The van der Waals surface area contributed by atoms with Crippen LogP contribution in [0.3, 0.4) is 0 Å². The van der Waals surface area contributed by atoms with Crippen LogP contribution >= 0.6 is 0 Å². The molecule has 0 heterocycles. The van der Waals surface area contributed by atoms with Gasteiger partial charge in [0, 0.05) is 12.6 Å². The molecule has 2 unspecified atom stereocenters. The summed E-state index contributed by atoms with van der Waals surface area (Å²) in [5.41, 5.74) is 1.42. The van der Waals surface area contributed by atoms with E-state index in [1.54, 1.807) is 0 Å². The molecule has 19 heavy (non-hydrogen) atoms. The van der Waals surface area contributed by atoms with Gasteiger partial charge in [-0.1, -0.05) is 37.3 Å². The molecule has 1 N–H and O–H groups in total. The van der Waals surface area contributed by atoms with Gasteiger partial charge in [0.1, 0.15) is 0 Å². The third-order valence-corrected chi connectivity index (χ3v) is 3.87. The zero-order chi connectivity index (χ0) is 13.3. The molecule has 2 heteroatoms. The smallest absolute Gasteiger partial charge is 0.0590 e. The van der Waals surface area contributed by atoms with Crippen LogP contribution in [-0.4, -0.2) is 25.3 Å². The largest absolute Gasteiger partial charge is 0.378 e. The van der Waals surface area contributed by atoms with Crippen LogP contribution in [0.25, 0.3) is 0 Å². The monoisotopic (exact) mass is 261 g/mol. The Balaban J connectivity index is 1.54. The number of rotatable bonds is 8. The van der Waals surface area contributed by atoms with Crippen molar-refractivity contribution in [3.8, 4) is 0 Å². The normalized spacial score (nSPS) is 22.8. The summed E-state index contributed by atoms with van der Waals surface area (Å²) in [6.07, 6.45) is 7.68. The van der Waals surface area contributed by atoms with Gasteiger partial charge in [-0.25, -0.2) is 0 Å². The van der Waals surface area contributed by atoms with Gasteiger partial charge in [0.15, 0.2) is 0 Å². The van der Waals surface area contributed by atoms with E-state index in [2.05, 4.69) is 42.6 Å². The highest BCUT2D eigenvalue weighted by Gasteiger charge is 2.24. The number of benzene rings is 1. The zero-order valence-corrected chi connectivity index (χ0v) is 12.1. The van der Waals surface area contributed by atoms with Crippen molar-refractivity contribution in [3.05, 3.63) is 35.9 Å². The third-order valence-electron chi connectivity index (χ3n) is 3.87. The van der Waals surface area contributed by atoms with Crippen molar-refractivity contribution in [1.82, 2.24) is 5.32 Å². The second-order valence-electron chi connectivity index (χ2n) is 5.55. The molecular formula is C17H27NO. The average molecular weight is 261 g/mol. The number of ether oxygens (including phenoxy) is 1. The molecule has 1 aromatic rings. The number of hydrogen-bond donors (Lipinski definition) is 1. The van der Waals surface area contributed by atoms with E-state index in [-0.39, 0.29) is 0 Å². The number of nitrogens with one attached hydrogen (secondary N) is 1. The Labute approximate surface area is 117 Å². The first-order valence-electron chi connectivity index (χ1n) is 7.77. The van der Waals surface area contributed by atoms with E-state index in [0.717, 1.165) is 26.0 Å². The van der Waals surface area contributed by atoms with Crippen molar-refractivity contribution < 1.29 is 4.74 Å². The highest BCUT2D eigenvalue weighted by Crippen LogP contribution is 2.22. The van der Waals surface area contributed by atoms with Gasteiger partial charge in [-0.15, -0.1) is 0 Å². The molecule has 0 radical (unpaired) electrons. The standard InChI is InChI=1S/C17H27NO/c1-2-12-18-16-10-11-17(14-16)19-13-6-9-15-7-4-3-5-8-15/h3-5,7-8,16-18H,2,6,9-14H2,1H3. The fourth-order valence-electron chi connectivity index (χ4n) is 2.80. The molecule has 0 aromatic heterocycles. The minimum absolute atomic E-state index is 0.491. The van der Waals surface area contributed by atoms with Crippen LogP contribution in [0.15, 0.2) is 30.3 Å². The Morgan fingerprint density at radius 3 is 2.84 bits per heavy atom. The highest BCUT2D eigenvalue weighted by atomic mass is 16.5. The Morgan fingerprint density at radius 1 is 1.21 bits per heavy atom. The van der Waals surface area contributed by atoms with Gasteiger partial charge >= 0.3 is 0 Å². The first-order valence-corrected chi connectivity index (χ1v) is 7.77. The SMILES string of the molecule is CCCNC1CCC(OCCCc2ccccc2)C1. The molecule has 0 bridgehead atoms. The average Bonchev–Trinajstić information content (AvgIpc) is 2.90. The second kappa shape index (κ2) is 8.34. The molecule has 106 valence electrons. The molecule has 1 aromatic carbocycles. The molecule has 1 aliphatic rings. The highest BCUT2D eigenvalue weighted by molar-refractivity contribution is 5.14. The van der Waals surface area contributed by atoms with Crippen molar-refractivity contribution in [3.63, 3.8) is 0 Å². The lowest BCUT2D eigenvalue weighted by Crippen LogP contribution is -2.27. The van der Waals surface area contributed by atoms with E-state index in [1.807, 2.05) is 0 Å². The van der Waals surface area contributed by atoms with E-state index in [4.69, 9.17) is 4.74 Å². The first-order chi connectivity index (χ1) is 9.38. The van der Waals surface area contributed by atoms with Crippen LogP contribution in [-0.2, 0) is 11.2 Å². The minimum Gasteiger partial charge on any atom is -0.378 e. The predicted octanol–water partition coefficient (Wildman–Crippen LogP) is 3.56. The summed E-state index contributed by atoms with van der Waals surface area (Å²) in [7, 11) is 0. The Hall–Kier alpha value is -0.860. The molecule has 1 fully saturated rings. The molecule has 2 atom stereocenters. The first kappa shape index (κ1) is 14.5. The molecule has 2 nitrogen and oxygen atoms in total. The van der Waals surface area contributed by atoms with E-state index in [9.17, 15) is 0 Å². The topological polar surface area (TPSA) is 21.3 Å². The molecule has 0 amide bonds. The van der Waals surface area contributed by atoms with Gasteiger partial charge in [-0.3, -0.25) is 0 Å². The van der Waals surface area contributed by atoms with Crippen LogP contribution in [0.1, 0.15) is 44.6 Å². The lowest BCUT2D eigenvalue weighted by molar-refractivity contribution is 0.0553. The maximum atomic E-state index is 5.99. The Bertz CT molecular complexity index is 338. The lowest BCUT2D eigenvalue weighted by Gasteiger charge is -2.13. The van der Waals surface area contributed by atoms with Gasteiger partial charge in [-0.05, 0) is 50.6 Å². The molecule has 1 saturated carbocycles. The van der Waals surface area contributed by atoms with E-state index in [1.165, 1.54) is 31.2 Å². The summed E-state index contributed by atoms with van der Waals surface area (Å²) in [6, 6.07) is 11.4.